The summed E-state index contributed by atoms with van der Waals surface area (Å²) in [6.45, 7) is 1.63. The van der Waals surface area contributed by atoms with E-state index in [4.69, 9.17) is 4.74 Å². The van der Waals surface area contributed by atoms with Crippen LogP contribution in [-0.2, 0) is 9.59 Å². The van der Waals surface area contributed by atoms with Crippen molar-refractivity contribution in [1.82, 2.24) is 10.0 Å². The largest absolute Gasteiger partial charge is 0.496 e. The summed E-state index contributed by atoms with van der Waals surface area (Å²) in [7, 11) is 1.64. The molecule has 6 nitrogen and oxygen atoms in total. The molecule has 2 aromatic carbocycles. The van der Waals surface area contributed by atoms with Crippen molar-refractivity contribution >= 4 is 33.4 Å². The molecule has 0 unspecified atom stereocenters. The molecule has 3 fully saturated rings. The SMILES string of the molecule is COc1ccccc1[C@H]1[C@@H]2C(=O)N(c3ccc(Br)cc3)C(=O)[C@@H]2N2CCCN12. The van der Waals surface area contributed by atoms with Crippen LogP contribution >= 0.6 is 15.9 Å². The first-order chi connectivity index (χ1) is 13.6. The van der Waals surface area contributed by atoms with E-state index in [-0.39, 0.29) is 17.9 Å². The summed E-state index contributed by atoms with van der Waals surface area (Å²) in [6, 6.07) is 14.5. The number of imide groups is 1. The molecule has 0 radical (unpaired) electrons. The number of amides is 2. The quantitative estimate of drug-likeness (QED) is 0.685. The summed E-state index contributed by atoms with van der Waals surface area (Å²) < 4.78 is 6.49. The summed E-state index contributed by atoms with van der Waals surface area (Å²) in [5.41, 5.74) is 1.58. The molecule has 3 heterocycles. The average molecular weight is 442 g/mol. The Balaban J connectivity index is 1.60. The molecule has 28 heavy (non-hydrogen) atoms. The number of anilines is 1. The molecule has 0 aromatic heterocycles. The van der Waals surface area contributed by atoms with Crippen LogP contribution in [0, 0.1) is 5.92 Å². The Kier molecular flexibility index (Phi) is 4.26. The number of hydrazine groups is 1. The highest BCUT2D eigenvalue weighted by Crippen LogP contribution is 2.50. The smallest absolute Gasteiger partial charge is 0.253 e. The first-order valence-corrected chi connectivity index (χ1v) is 10.2. The maximum absolute atomic E-state index is 13.5. The Bertz CT molecular complexity index is 948. The fourth-order valence-corrected chi connectivity index (χ4v) is 5.11. The lowest BCUT2D eigenvalue weighted by atomic mass is 9.89. The van der Waals surface area contributed by atoms with Crippen molar-refractivity contribution in [2.75, 3.05) is 25.1 Å². The monoisotopic (exact) mass is 441 g/mol. The number of fused-ring (bicyclic) bond motifs is 3. The van der Waals surface area contributed by atoms with Gasteiger partial charge in [-0.1, -0.05) is 34.1 Å². The zero-order valence-corrected chi connectivity index (χ0v) is 17.0. The number of carbonyl (C=O) groups is 2. The van der Waals surface area contributed by atoms with Crippen LogP contribution in [0.5, 0.6) is 5.75 Å². The van der Waals surface area contributed by atoms with Crippen molar-refractivity contribution in [3.63, 3.8) is 0 Å². The molecule has 144 valence electrons. The van der Waals surface area contributed by atoms with Gasteiger partial charge in [-0.15, -0.1) is 0 Å². The van der Waals surface area contributed by atoms with Gasteiger partial charge in [0.25, 0.3) is 5.91 Å². The first kappa shape index (κ1) is 17.8. The fourth-order valence-electron chi connectivity index (χ4n) is 4.84. The van der Waals surface area contributed by atoms with Gasteiger partial charge in [0, 0.05) is 23.1 Å². The van der Waals surface area contributed by atoms with Crippen LogP contribution in [0.4, 0.5) is 5.69 Å². The first-order valence-electron chi connectivity index (χ1n) is 9.41. The number of hydrogen-bond donors (Lipinski definition) is 0. The van der Waals surface area contributed by atoms with E-state index in [9.17, 15) is 9.59 Å². The molecular formula is C21H20BrN3O3. The molecule has 3 atom stereocenters. The zero-order chi connectivity index (χ0) is 19.4. The van der Waals surface area contributed by atoms with Gasteiger partial charge in [0.1, 0.15) is 11.8 Å². The highest BCUT2D eigenvalue weighted by molar-refractivity contribution is 9.10. The molecule has 0 bridgehead atoms. The molecule has 0 N–H and O–H groups in total. The summed E-state index contributed by atoms with van der Waals surface area (Å²) in [5.74, 6) is 0.0411. The van der Waals surface area contributed by atoms with Crippen molar-refractivity contribution in [1.29, 1.82) is 0 Å². The maximum atomic E-state index is 13.5. The van der Waals surface area contributed by atoms with E-state index in [1.165, 1.54) is 4.90 Å². The van der Waals surface area contributed by atoms with Crippen molar-refractivity contribution in [2.45, 2.75) is 18.5 Å². The molecule has 2 aromatic rings. The fraction of sp³-hybridized carbons (Fsp3) is 0.333. The van der Waals surface area contributed by atoms with Gasteiger partial charge in [-0.2, -0.15) is 0 Å². The lowest BCUT2D eigenvalue weighted by Crippen LogP contribution is -2.44. The van der Waals surface area contributed by atoms with Crippen LogP contribution in [-0.4, -0.2) is 48.1 Å². The lowest BCUT2D eigenvalue weighted by Gasteiger charge is -2.30. The van der Waals surface area contributed by atoms with E-state index in [0.29, 0.717) is 5.69 Å². The molecule has 0 spiro atoms. The summed E-state index contributed by atoms with van der Waals surface area (Å²) in [5, 5.41) is 4.29. The number of rotatable bonds is 3. The van der Waals surface area contributed by atoms with Gasteiger partial charge in [-0.25, -0.2) is 14.9 Å². The zero-order valence-electron chi connectivity index (χ0n) is 15.4. The van der Waals surface area contributed by atoms with Crippen molar-refractivity contribution in [3.8, 4) is 5.75 Å². The number of nitrogens with zero attached hydrogens (tertiary/aromatic N) is 3. The lowest BCUT2D eigenvalue weighted by molar-refractivity contribution is -0.126. The van der Waals surface area contributed by atoms with Crippen LogP contribution in [0.1, 0.15) is 18.0 Å². The highest BCUT2D eigenvalue weighted by Gasteiger charge is 2.63. The average Bonchev–Trinajstić information content (AvgIpc) is 3.35. The second-order valence-corrected chi connectivity index (χ2v) is 8.24. The molecule has 3 saturated heterocycles. The number of para-hydroxylation sites is 1. The molecule has 3 aliphatic rings. The van der Waals surface area contributed by atoms with E-state index >= 15 is 0 Å². The van der Waals surface area contributed by atoms with Crippen molar-refractivity contribution in [3.05, 3.63) is 58.6 Å². The van der Waals surface area contributed by atoms with Crippen LogP contribution in [0.15, 0.2) is 53.0 Å². The number of ether oxygens (including phenoxy) is 1. The van der Waals surface area contributed by atoms with E-state index in [1.54, 1.807) is 19.2 Å². The number of benzene rings is 2. The Morgan fingerprint density at radius 1 is 0.929 bits per heavy atom. The standard InChI is InChI=1S/C21H20BrN3O3/c1-28-16-6-3-2-5-15(16)18-17-19(24-12-4-11-23(18)24)21(27)25(20(17)26)14-9-7-13(22)8-10-14/h2-3,5-10,17-19H,4,11-12H2,1H3/t17-,18-,19+/m0/s1. The third-order valence-electron chi connectivity index (χ3n) is 5.95. The van der Waals surface area contributed by atoms with E-state index in [1.807, 2.05) is 36.4 Å². The van der Waals surface area contributed by atoms with E-state index in [0.717, 1.165) is 35.3 Å². The van der Waals surface area contributed by atoms with Crippen molar-refractivity contribution < 1.29 is 14.3 Å². The normalized spacial score (nSPS) is 27.4. The Morgan fingerprint density at radius 2 is 1.61 bits per heavy atom. The minimum Gasteiger partial charge on any atom is -0.496 e. The van der Waals surface area contributed by atoms with E-state index < -0.39 is 12.0 Å². The molecule has 3 aliphatic heterocycles. The van der Waals surface area contributed by atoms with Crippen LogP contribution < -0.4 is 9.64 Å². The molecular weight excluding hydrogens is 422 g/mol. The number of methoxy groups -OCH3 is 1. The number of carbonyl (C=O) groups excluding carboxylic acids is 2. The van der Waals surface area contributed by atoms with E-state index in [2.05, 4.69) is 25.9 Å². The highest BCUT2D eigenvalue weighted by atomic mass is 79.9. The van der Waals surface area contributed by atoms with Gasteiger partial charge in [-0.3, -0.25) is 9.59 Å². The molecule has 0 saturated carbocycles. The van der Waals surface area contributed by atoms with Gasteiger partial charge in [0.2, 0.25) is 5.91 Å². The predicted octanol–water partition coefficient (Wildman–Crippen LogP) is 2.99. The van der Waals surface area contributed by atoms with Crippen molar-refractivity contribution in [2.24, 2.45) is 5.92 Å². The summed E-state index contributed by atoms with van der Waals surface area (Å²) in [4.78, 5) is 28.2. The summed E-state index contributed by atoms with van der Waals surface area (Å²) >= 11 is 3.41. The topological polar surface area (TPSA) is 53.1 Å². The second kappa shape index (κ2) is 6.69. The minimum atomic E-state index is -0.450. The van der Waals surface area contributed by atoms with Crippen LogP contribution in [0.3, 0.4) is 0 Å². The molecule has 2 amide bonds. The molecule has 7 heteroatoms. The number of hydrogen-bond acceptors (Lipinski definition) is 5. The molecule has 5 rings (SSSR count). The van der Waals surface area contributed by atoms with Gasteiger partial charge in [0.05, 0.1) is 24.8 Å². The third kappa shape index (κ3) is 2.46. The third-order valence-corrected chi connectivity index (χ3v) is 6.48. The van der Waals surface area contributed by atoms with Gasteiger partial charge >= 0.3 is 0 Å². The Morgan fingerprint density at radius 3 is 2.32 bits per heavy atom. The van der Waals surface area contributed by atoms with Crippen LogP contribution in [0.25, 0.3) is 0 Å². The second-order valence-electron chi connectivity index (χ2n) is 7.33. The summed E-state index contributed by atoms with van der Waals surface area (Å²) in [6.07, 6.45) is 0.981. The molecule has 0 aliphatic carbocycles. The predicted molar refractivity (Wildman–Crippen MR) is 108 cm³/mol. The van der Waals surface area contributed by atoms with Gasteiger partial charge in [0.15, 0.2) is 0 Å². The Hall–Kier alpha value is -2.22. The van der Waals surface area contributed by atoms with Gasteiger partial charge < -0.3 is 4.74 Å². The Labute approximate surface area is 171 Å². The minimum absolute atomic E-state index is 0.136. The van der Waals surface area contributed by atoms with Gasteiger partial charge in [-0.05, 0) is 36.8 Å². The number of halogens is 1. The maximum Gasteiger partial charge on any atom is 0.253 e. The van der Waals surface area contributed by atoms with Crippen LogP contribution in [0.2, 0.25) is 0 Å².